The van der Waals surface area contributed by atoms with Gasteiger partial charge in [0.2, 0.25) is 0 Å². The first-order valence-corrected chi connectivity index (χ1v) is 7.28. The Balaban J connectivity index is 2.30. The SMILES string of the molecule is Cc1cc(C)cc(CC(C)(N)c2cccc(Br)c2)c1. The van der Waals surface area contributed by atoms with E-state index in [0.717, 1.165) is 16.5 Å². The molecule has 0 spiro atoms. The van der Waals surface area contributed by atoms with Crippen molar-refractivity contribution in [3.63, 3.8) is 0 Å². The lowest BCUT2D eigenvalue weighted by Gasteiger charge is -2.26. The van der Waals surface area contributed by atoms with Crippen molar-refractivity contribution in [3.05, 3.63) is 69.2 Å². The number of benzene rings is 2. The third-order valence-corrected chi connectivity index (χ3v) is 3.83. The van der Waals surface area contributed by atoms with Gasteiger partial charge < -0.3 is 5.73 Å². The number of hydrogen-bond acceptors (Lipinski definition) is 1. The fraction of sp³-hybridized carbons (Fsp3) is 0.294. The molecule has 0 amide bonds. The van der Waals surface area contributed by atoms with Crippen LogP contribution in [0.25, 0.3) is 0 Å². The maximum atomic E-state index is 6.52. The highest BCUT2D eigenvalue weighted by molar-refractivity contribution is 9.10. The maximum absolute atomic E-state index is 6.52. The highest BCUT2D eigenvalue weighted by atomic mass is 79.9. The van der Waals surface area contributed by atoms with Crippen molar-refractivity contribution in [1.29, 1.82) is 0 Å². The summed E-state index contributed by atoms with van der Waals surface area (Å²) in [5.74, 6) is 0. The Hall–Kier alpha value is -1.12. The second-order valence-electron chi connectivity index (χ2n) is 5.60. The largest absolute Gasteiger partial charge is 0.321 e. The van der Waals surface area contributed by atoms with Gasteiger partial charge in [-0.05, 0) is 50.5 Å². The molecule has 1 unspecified atom stereocenters. The van der Waals surface area contributed by atoms with Crippen LogP contribution in [0.5, 0.6) is 0 Å². The molecule has 0 bridgehead atoms. The van der Waals surface area contributed by atoms with E-state index in [-0.39, 0.29) is 5.54 Å². The smallest absolute Gasteiger partial charge is 0.0422 e. The van der Waals surface area contributed by atoms with Crippen LogP contribution in [0.15, 0.2) is 46.9 Å². The number of hydrogen-bond donors (Lipinski definition) is 1. The summed E-state index contributed by atoms with van der Waals surface area (Å²) in [6.45, 7) is 6.35. The predicted octanol–water partition coefficient (Wildman–Crippen LogP) is 4.48. The molecule has 1 nitrogen and oxygen atoms in total. The standard InChI is InChI=1S/C17H20BrN/c1-12-7-13(2)9-14(8-12)11-17(3,19)15-5-4-6-16(18)10-15/h4-10H,11,19H2,1-3H3. The third-order valence-electron chi connectivity index (χ3n) is 3.34. The molecule has 0 aliphatic rings. The fourth-order valence-electron chi connectivity index (χ4n) is 2.54. The maximum Gasteiger partial charge on any atom is 0.0422 e. The number of aryl methyl sites for hydroxylation is 2. The fourth-order valence-corrected chi connectivity index (χ4v) is 2.94. The summed E-state index contributed by atoms with van der Waals surface area (Å²) in [4.78, 5) is 0. The van der Waals surface area contributed by atoms with Crippen LogP contribution >= 0.6 is 15.9 Å². The van der Waals surface area contributed by atoms with Crippen molar-refractivity contribution in [2.75, 3.05) is 0 Å². The quantitative estimate of drug-likeness (QED) is 0.887. The topological polar surface area (TPSA) is 26.0 Å². The summed E-state index contributed by atoms with van der Waals surface area (Å²) >= 11 is 3.51. The highest BCUT2D eigenvalue weighted by Crippen LogP contribution is 2.26. The van der Waals surface area contributed by atoms with Crippen LogP contribution in [0.3, 0.4) is 0 Å². The van der Waals surface area contributed by atoms with Crippen LogP contribution in [0, 0.1) is 13.8 Å². The Morgan fingerprint density at radius 3 is 2.26 bits per heavy atom. The number of halogens is 1. The Morgan fingerprint density at radius 2 is 1.68 bits per heavy atom. The Labute approximate surface area is 124 Å². The van der Waals surface area contributed by atoms with Crippen molar-refractivity contribution >= 4 is 15.9 Å². The number of nitrogens with two attached hydrogens (primary N) is 1. The molecule has 2 heteroatoms. The first kappa shape index (κ1) is 14.3. The van der Waals surface area contributed by atoms with Crippen molar-refractivity contribution in [1.82, 2.24) is 0 Å². The van der Waals surface area contributed by atoms with Crippen molar-refractivity contribution in [2.24, 2.45) is 5.73 Å². The molecule has 0 radical (unpaired) electrons. The monoisotopic (exact) mass is 317 g/mol. The number of rotatable bonds is 3. The first-order chi connectivity index (χ1) is 8.87. The Morgan fingerprint density at radius 1 is 1.05 bits per heavy atom. The molecule has 2 aromatic rings. The molecule has 0 fully saturated rings. The van der Waals surface area contributed by atoms with Crippen LogP contribution in [-0.2, 0) is 12.0 Å². The average Bonchev–Trinajstić information content (AvgIpc) is 2.26. The molecule has 0 saturated heterocycles. The molecular weight excluding hydrogens is 298 g/mol. The molecule has 1 atom stereocenters. The van der Waals surface area contributed by atoms with E-state index in [1.165, 1.54) is 16.7 Å². The molecule has 2 rings (SSSR count). The lowest BCUT2D eigenvalue weighted by atomic mass is 9.86. The molecule has 0 aliphatic carbocycles. The van der Waals surface area contributed by atoms with Gasteiger partial charge in [0.05, 0.1) is 0 Å². The van der Waals surface area contributed by atoms with E-state index in [0.29, 0.717) is 0 Å². The van der Waals surface area contributed by atoms with Crippen molar-refractivity contribution in [2.45, 2.75) is 32.7 Å². The lowest BCUT2D eigenvalue weighted by Crippen LogP contribution is -2.35. The van der Waals surface area contributed by atoms with Crippen LogP contribution < -0.4 is 5.73 Å². The first-order valence-electron chi connectivity index (χ1n) is 6.49. The normalized spacial score (nSPS) is 14.2. The van der Waals surface area contributed by atoms with Gasteiger partial charge in [0.1, 0.15) is 0 Å². The van der Waals surface area contributed by atoms with E-state index in [2.05, 4.69) is 67.0 Å². The minimum atomic E-state index is -0.357. The van der Waals surface area contributed by atoms with Gasteiger partial charge in [-0.25, -0.2) is 0 Å². The molecule has 2 N–H and O–H groups in total. The molecule has 0 heterocycles. The van der Waals surface area contributed by atoms with Crippen LogP contribution in [-0.4, -0.2) is 0 Å². The van der Waals surface area contributed by atoms with Crippen LogP contribution in [0.1, 0.15) is 29.2 Å². The molecule has 19 heavy (non-hydrogen) atoms. The van der Waals surface area contributed by atoms with E-state index < -0.39 is 0 Å². The van der Waals surface area contributed by atoms with Crippen LogP contribution in [0.4, 0.5) is 0 Å². The second-order valence-corrected chi connectivity index (χ2v) is 6.52. The third kappa shape index (κ3) is 3.68. The Bertz CT molecular complexity index is 567. The van der Waals surface area contributed by atoms with Gasteiger partial charge >= 0.3 is 0 Å². The molecule has 2 aromatic carbocycles. The summed E-state index contributed by atoms with van der Waals surface area (Å²) in [6, 6.07) is 14.9. The van der Waals surface area contributed by atoms with Gasteiger partial charge in [0.15, 0.2) is 0 Å². The Kier molecular flexibility index (Phi) is 4.12. The molecular formula is C17H20BrN. The van der Waals surface area contributed by atoms with Gasteiger partial charge in [-0.3, -0.25) is 0 Å². The van der Waals surface area contributed by atoms with Gasteiger partial charge in [0.25, 0.3) is 0 Å². The summed E-state index contributed by atoms with van der Waals surface area (Å²) < 4.78 is 1.07. The van der Waals surface area contributed by atoms with Crippen molar-refractivity contribution in [3.8, 4) is 0 Å². The second kappa shape index (κ2) is 5.48. The average molecular weight is 318 g/mol. The van der Waals surface area contributed by atoms with Crippen molar-refractivity contribution < 1.29 is 0 Å². The molecule has 100 valence electrons. The van der Waals surface area contributed by atoms with Crippen LogP contribution in [0.2, 0.25) is 0 Å². The lowest BCUT2D eigenvalue weighted by molar-refractivity contribution is 0.491. The van der Waals surface area contributed by atoms with Gasteiger partial charge in [-0.2, -0.15) is 0 Å². The zero-order valence-electron chi connectivity index (χ0n) is 11.7. The van der Waals surface area contributed by atoms with E-state index >= 15 is 0 Å². The highest BCUT2D eigenvalue weighted by Gasteiger charge is 2.22. The van der Waals surface area contributed by atoms with E-state index in [1.54, 1.807) is 0 Å². The predicted molar refractivity (Wildman–Crippen MR) is 85.3 cm³/mol. The zero-order chi connectivity index (χ0) is 14.0. The summed E-state index contributed by atoms with van der Waals surface area (Å²) in [6.07, 6.45) is 0.839. The molecule has 0 aliphatic heterocycles. The summed E-state index contributed by atoms with van der Waals surface area (Å²) in [7, 11) is 0. The van der Waals surface area contributed by atoms with E-state index in [1.807, 2.05) is 12.1 Å². The zero-order valence-corrected chi connectivity index (χ0v) is 13.3. The van der Waals surface area contributed by atoms with Gasteiger partial charge in [-0.15, -0.1) is 0 Å². The van der Waals surface area contributed by atoms with Gasteiger partial charge in [-0.1, -0.05) is 57.4 Å². The van der Waals surface area contributed by atoms with E-state index in [9.17, 15) is 0 Å². The molecule has 0 saturated carbocycles. The van der Waals surface area contributed by atoms with Gasteiger partial charge in [0, 0.05) is 10.0 Å². The minimum absolute atomic E-state index is 0.357. The summed E-state index contributed by atoms with van der Waals surface area (Å²) in [5.41, 5.74) is 11.2. The molecule has 0 aromatic heterocycles. The summed E-state index contributed by atoms with van der Waals surface area (Å²) in [5, 5.41) is 0. The van der Waals surface area contributed by atoms with E-state index in [4.69, 9.17) is 5.73 Å². The minimum Gasteiger partial charge on any atom is -0.321 e.